The molecule has 3 atom stereocenters. The van der Waals surface area contributed by atoms with E-state index in [0.717, 1.165) is 56.9 Å². The second kappa shape index (κ2) is 11.5. The molecule has 2 heterocycles. The standard InChI is InChI=1S/C21H31F3N4O.HI/c1-25-20(27-14-18-6-4-12-29-18)26-13-16-5-3-11-28(2)19(16)15-7-9-17(10-8-15)21(22,23)24;/h7-10,16,18-19H,3-6,11-14H2,1-2H3,(H2,25,26,27);1H. The van der Waals surface area contributed by atoms with Gasteiger partial charge in [0.2, 0.25) is 0 Å². The number of hydrogen-bond acceptors (Lipinski definition) is 3. The van der Waals surface area contributed by atoms with Crippen molar-refractivity contribution < 1.29 is 17.9 Å². The van der Waals surface area contributed by atoms with E-state index >= 15 is 0 Å². The minimum absolute atomic E-state index is 0. The number of guanidine groups is 1. The summed E-state index contributed by atoms with van der Waals surface area (Å²) in [4.78, 5) is 6.53. The summed E-state index contributed by atoms with van der Waals surface area (Å²) in [5.74, 6) is 1.02. The average molecular weight is 540 g/mol. The first kappa shape index (κ1) is 25.2. The van der Waals surface area contributed by atoms with Crippen molar-refractivity contribution in [1.82, 2.24) is 15.5 Å². The van der Waals surface area contributed by atoms with Crippen LogP contribution < -0.4 is 10.6 Å². The summed E-state index contributed by atoms with van der Waals surface area (Å²) in [6.07, 6.45) is 0.177. The number of alkyl halides is 3. The van der Waals surface area contributed by atoms with Crippen molar-refractivity contribution in [3.63, 3.8) is 0 Å². The lowest BCUT2D eigenvalue weighted by molar-refractivity contribution is -0.137. The van der Waals surface area contributed by atoms with Crippen LogP contribution in [0.25, 0.3) is 0 Å². The Balaban J connectivity index is 0.00000320. The zero-order valence-electron chi connectivity index (χ0n) is 17.5. The summed E-state index contributed by atoms with van der Waals surface area (Å²) >= 11 is 0. The first-order valence-electron chi connectivity index (χ1n) is 10.3. The van der Waals surface area contributed by atoms with Gasteiger partial charge in [-0.2, -0.15) is 13.2 Å². The van der Waals surface area contributed by atoms with E-state index in [1.807, 2.05) is 7.05 Å². The highest BCUT2D eigenvalue weighted by molar-refractivity contribution is 14.0. The van der Waals surface area contributed by atoms with E-state index in [9.17, 15) is 13.2 Å². The Bertz CT molecular complexity index is 678. The smallest absolute Gasteiger partial charge is 0.376 e. The highest BCUT2D eigenvalue weighted by atomic mass is 127. The van der Waals surface area contributed by atoms with Crippen LogP contribution in [-0.2, 0) is 10.9 Å². The highest BCUT2D eigenvalue weighted by Crippen LogP contribution is 2.36. The van der Waals surface area contributed by atoms with Gasteiger partial charge in [-0.1, -0.05) is 12.1 Å². The number of halogens is 4. The van der Waals surface area contributed by atoms with Gasteiger partial charge in [-0.05, 0) is 62.9 Å². The van der Waals surface area contributed by atoms with Gasteiger partial charge in [-0.3, -0.25) is 9.89 Å². The van der Waals surface area contributed by atoms with Crippen molar-refractivity contribution in [3.05, 3.63) is 35.4 Å². The predicted molar refractivity (Wildman–Crippen MR) is 123 cm³/mol. The topological polar surface area (TPSA) is 48.9 Å². The zero-order valence-corrected chi connectivity index (χ0v) is 19.9. The van der Waals surface area contributed by atoms with E-state index in [1.54, 1.807) is 19.2 Å². The molecule has 2 aliphatic heterocycles. The van der Waals surface area contributed by atoms with Gasteiger partial charge in [0.05, 0.1) is 11.7 Å². The molecule has 170 valence electrons. The van der Waals surface area contributed by atoms with E-state index in [-0.39, 0.29) is 42.0 Å². The molecule has 0 aromatic heterocycles. The lowest BCUT2D eigenvalue weighted by atomic mass is 9.84. The summed E-state index contributed by atoms with van der Waals surface area (Å²) in [6, 6.07) is 5.68. The van der Waals surface area contributed by atoms with Gasteiger partial charge in [0, 0.05) is 32.8 Å². The van der Waals surface area contributed by atoms with Crippen LogP contribution in [0.4, 0.5) is 13.2 Å². The first-order valence-corrected chi connectivity index (χ1v) is 10.3. The third kappa shape index (κ3) is 6.71. The van der Waals surface area contributed by atoms with Crippen molar-refractivity contribution in [1.29, 1.82) is 0 Å². The van der Waals surface area contributed by atoms with Crippen molar-refractivity contribution in [2.45, 2.75) is 44.0 Å². The fourth-order valence-corrected chi connectivity index (χ4v) is 4.33. The second-order valence-corrected chi connectivity index (χ2v) is 7.92. The molecule has 30 heavy (non-hydrogen) atoms. The minimum Gasteiger partial charge on any atom is -0.376 e. The van der Waals surface area contributed by atoms with Crippen LogP contribution in [0.3, 0.4) is 0 Å². The van der Waals surface area contributed by atoms with E-state index in [1.165, 1.54) is 12.1 Å². The molecule has 2 N–H and O–H groups in total. The number of likely N-dealkylation sites (tertiary alicyclic amines) is 1. The molecule has 9 heteroatoms. The van der Waals surface area contributed by atoms with E-state index in [0.29, 0.717) is 6.54 Å². The molecule has 0 saturated carbocycles. The van der Waals surface area contributed by atoms with Crippen LogP contribution in [-0.4, -0.2) is 57.3 Å². The van der Waals surface area contributed by atoms with E-state index < -0.39 is 11.7 Å². The molecule has 2 saturated heterocycles. The number of piperidine rings is 1. The third-order valence-electron chi connectivity index (χ3n) is 5.86. The number of benzene rings is 1. The van der Waals surface area contributed by atoms with E-state index in [4.69, 9.17) is 4.74 Å². The Kier molecular flexibility index (Phi) is 9.67. The predicted octanol–water partition coefficient (Wildman–Crippen LogP) is 4.05. The van der Waals surface area contributed by atoms with Gasteiger partial charge in [-0.15, -0.1) is 24.0 Å². The summed E-state index contributed by atoms with van der Waals surface area (Å²) in [5.41, 5.74) is 0.322. The van der Waals surface area contributed by atoms with Gasteiger partial charge >= 0.3 is 6.18 Å². The molecule has 1 aromatic carbocycles. The van der Waals surface area contributed by atoms with Crippen LogP contribution in [0.15, 0.2) is 29.3 Å². The van der Waals surface area contributed by atoms with Crippen LogP contribution in [0.2, 0.25) is 0 Å². The average Bonchev–Trinajstić information content (AvgIpc) is 3.21. The molecule has 0 bridgehead atoms. The maximum Gasteiger partial charge on any atom is 0.416 e. The van der Waals surface area contributed by atoms with Crippen LogP contribution in [0, 0.1) is 5.92 Å². The Hall–Kier alpha value is -1.07. The highest BCUT2D eigenvalue weighted by Gasteiger charge is 2.33. The summed E-state index contributed by atoms with van der Waals surface area (Å²) < 4.78 is 44.3. The molecule has 3 rings (SSSR count). The zero-order chi connectivity index (χ0) is 20.9. The van der Waals surface area contributed by atoms with Gasteiger partial charge in [0.25, 0.3) is 0 Å². The summed E-state index contributed by atoms with van der Waals surface area (Å²) in [5, 5.41) is 6.71. The molecule has 5 nitrogen and oxygen atoms in total. The second-order valence-electron chi connectivity index (χ2n) is 7.92. The van der Waals surface area contributed by atoms with Gasteiger partial charge in [-0.25, -0.2) is 0 Å². The lowest BCUT2D eigenvalue weighted by Gasteiger charge is -2.40. The SMILES string of the molecule is CN=C(NCC1CCCO1)NCC1CCCN(C)C1c1ccc(C(F)(F)F)cc1.I. The molecule has 2 fully saturated rings. The van der Waals surface area contributed by atoms with Crippen molar-refractivity contribution in [3.8, 4) is 0 Å². The molecular formula is C21H32F3IN4O. The van der Waals surface area contributed by atoms with Crippen molar-refractivity contribution >= 4 is 29.9 Å². The number of aliphatic imine (C=N–C) groups is 1. The largest absolute Gasteiger partial charge is 0.416 e. The quantitative estimate of drug-likeness (QED) is 0.336. The van der Waals surface area contributed by atoms with Gasteiger partial charge in [0.1, 0.15) is 0 Å². The molecule has 2 aliphatic rings. The van der Waals surface area contributed by atoms with Gasteiger partial charge in [0.15, 0.2) is 5.96 Å². The minimum atomic E-state index is -4.31. The molecule has 0 aliphatic carbocycles. The molecule has 3 unspecified atom stereocenters. The molecule has 0 spiro atoms. The normalized spacial score (nSPS) is 25.6. The monoisotopic (exact) mass is 540 g/mol. The number of ether oxygens (including phenoxy) is 1. The fraction of sp³-hybridized carbons (Fsp3) is 0.667. The van der Waals surface area contributed by atoms with Crippen LogP contribution in [0.1, 0.15) is 42.9 Å². The molecular weight excluding hydrogens is 508 g/mol. The van der Waals surface area contributed by atoms with Crippen LogP contribution in [0.5, 0.6) is 0 Å². The fourth-order valence-electron chi connectivity index (χ4n) is 4.33. The first-order chi connectivity index (χ1) is 13.9. The lowest BCUT2D eigenvalue weighted by Crippen LogP contribution is -2.46. The Morgan fingerprint density at radius 2 is 1.83 bits per heavy atom. The number of nitrogens with one attached hydrogen (secondary N) is 2. The number of rotatable bonds is 5. The molecule has 0 amide bonds. The molecule has 0 radical (unpaired) electrons. The number of nitrogens with zero attached hydrogens (tertiary/aromatic N) is 2. The van der Waals surface area contributed by atoms with Crippen molar-refractivity contribution in [2.24, 2.45) is 10.9 Å². The molecule has 1 aromatic rings. The third-order valence-corrected chi connectivity index (χ3v) is 5.86. The van der Waals surface area contributed by atoms with Crippen molar-refractivity contribution in [2.75, 3.05) is 40.3 Å². The Labute approximate surface area is 193 Å². The van der Waals surface area contributed by atoms with Gasteiger partial charge < -0.3 is 15.4 Å². The summed E-state index contributed by atoms with van der Waals surface area (Å²) in [7, 11) is 3.78. The maximum absolute atomic E-state index is 12.9. The number of hydrogen-bond donors (Lipinski definition) is 2. The van der Waals surface area contributed by atoms with E-state index in [2.05, 4.69) is 20.5 Å². The maximum atomic E-state index is 12.9. The van der Waals surface area contributed by atoms with Crippen LogP contribution >= 0.6 is 24.0 Å². The summed E-state index contributed by atoms with van der Waals surface area (Å²) in [6.45, 7) is 3.20. The Morgan fingerprint density at radius 1 is 1.13 bits per heavy atom. The Morgan fingerprint density at radius 3 is 2.43 bits per heavy atom.